The molecular formula is C18H28N2O. The van der Waals surface area contributed by atoms with E-state index in [-0.39, 0.29) is 0 Å². The number of nitrogens with zero attached hydrogens (tertiary/aromatic N) is 1. The Morgan fingerprint density at radius 3 is 2.95 bits per heavy atom. The van der Waals surface area contributed by atoms with Crippen LogP contribution in [0.5, 0.6) is 5.75 Å². The van der Waals surface area contributed by atoms with Crippen molar-refractivity contribution in [2.45, 2.75) is 45.1 Å². The molecule has 1 saturated heterocycles. The molecular weight excluding hydrogens is 260 g/mol. The lowest BCUT2D eigenvalue weighted by atomic mass is 10.0. The summed E-state index contributed by atoms with van der Waals surface area (Å²) >= 11 is 0. The van der Waals surface area contributed by atoms with E-state index in [4.69, 9.17) is 4.74 Å². The highest BCUT2D eigenvalue weighted by Gasteiger charge is 2.18. The Bertz CT molecular complexity index is 453. The number of ether oxygens (including phenoxy) is 1. The van der Waals surface area contributed by atoms with Crippen molar-refractivity contribution in [2.75, 3.05) is 32.8 Å². The minimum atomic E-state index is 0.718. The average Bonchev–Trinajstić information content (AvgIpc) is 2.97. The molecule has 1 fully saturated rings. The van der Waals surface area contributed by atoms with Gasteiger partial charge in [-0.05, 0) is 69.1 Å². The molecule has 0 radical (unpaired) electrons. The SMILES string of the molecule is CCCN1CCC(NCCc2ccc3c(c2)CCO3)CC1. The first kappa shape index (κ1) is 14.9. The molecule has 0 atom stereocenters. The van der Waals surface area contributed by atoms with Crippen molar-refractivity contribution in [1.29, 1.82) is 0 Å². The van der Waals surface area contributed by atoms with Crippen LogP contribution in [0.15, 0.2) is 18.2 Å². The fraction of sp³-hybridized carbons (Fsp3) is 0.667. The van der Waals surface area contributed by atoms with E-state index in [1.165, 1.54) is 50.0 Å². The molecule has 0 unspecified atom stereocenters. The highest BCUT2D eigenvalue weighted by molar-refractivity contribution is 5.39. The largest absolute Gasteiger partial charge is 0.493 e. The summed E-state index contributed by atoms with van der Waals surface area (Å²) in [6.45, 7) is 8.02. The van der Waals surface area contributed by atoms with Crippen LogP contribution < -0.4 is 10.1 Å². The number of nitrogens with one attached hydrogen (secondary N) is 1. The van der Waals surface area contributed by atoms with Crippen LogP contribution in [0.4, 0.5) is 0 Å². The molecule has 1 aromatic carbocycles. The second kappa shape index (κ2) is 7.28. The molecule has 3 rings (SSSR count). The number of hydrogen-bond donors (Lipinski definition) is 1. The molecule has 3 nitrogen and oxygen atoms in total. The molecule has 2 aliphatic rings. The summed E-state index contributed by atoms with van der Waals surface area (Å²) < 4.78 is 5.56. The number of fused-ring (bicyclic) bond motifs is 1. The zero-order valence-corrected chi connectivity index (χ0v) is 13.2. The second-order valence-corrected chi connectivity index (χ2v) is 6.36. The molecule has 116 valence electrons. The molecule has 0 saturated carbocycles. The van der Waals surface area contributed by atoms with Crippen molar-refractivity contribution >= 4 is 0 Å². The molecule has 3 heteroatoms. The molecule has 2 aliphatic heterocycles. The zero-order chi connectivity index (χ0) is 14.5. The maximum Gasteiger partial charge on any atom is 0.122 e. The van der Waals surface area contributed by atoms with E-state index in [2.05, 4.69) is 35.3 Å². The second-order valence-electron chi connectivity index (χ2n) is 6.36. The van der Waals surface area contributed by atoms with Crippen molar-refractivity contribution < 1.29 is 4.74 Å². The van der Waals surface area contributed by atoms with Crippen molar-refractivity contribution in [3.05, 3.63) is 29.3 Å². The standard InChI is InChI=1S/C18H28N2O/c1-2-10-20-11-6-17(7-12-20)19-9-5-15-3-4-18-16(14-15)8-13-21-18/h3-4,14,17,19H,2,5-13H2,1H3. The Morgan fingerprint density at radius 1 is 1.29 bits per heavy atom. The maximum absolute atomic E-state index is 5.56. The normalized spacial score (nSPS) is 19.5. The average molecular weight is 288 g/mol. The Morgan fingerprint density at radius 2 is 2.14 bits per heavy atom. The number of benzene rings is 1. The summed E-state index contributed by atoms with van der Waals surface area (Å²) in [5.74, 6) is 1.09. The molecule has 0 spiro atoms. The fourth-order valence-corrected chi connectivity index (χ4v) is 3.49. The van der Waals surface area contributed by atoms with Gasteiger partial charge in [-0.25, -0.2) is 0 Å². The number of piperidine rings is 1. The van der Waals surface area contributed by atoms with Crippen LogP contribution in [0.1, 0.15) is 37.3 Å². The van der Waals surface area contributed by atoms with Gasteiger partial charge in [0.2, 0.25) is 0 Å². The molecule has 0 bridgehead atoms. The van der Waals surface area contributed by atoms with E-state index < -0.39 is 0 Å². The van der Waals surface area contributed by atoms with Crippen LogP contribution in [-0.2, 0) is 12.8 Å². The molecule has 1 aromatic rings. The lowest BCUT2D eigenvalue weighted by Gasteiger charge is -2.32. The number of rotatable bonds is 6. The van der Waals surface area contributed by atoms with Crippen LogP contribution >= 0.6 is 0 Å². The third kappa shape index (κ3) is 3.98. The van der Waals surface area contributed by atoms with E-state index in [9.17, 15) is 0 Å². The van der Waals surface area contributed by atoms with E-state index in [0.29, 0.717) is 0 Å². The highest BCUT2D eigenvalue weighted by Crippen LogP contribution is 2.25. The van der Waals surface area contributed by atoms with E-state index in [0.717, 1.165) is 37.8 Å². The predicted molar refractivity (Wildman–Crippen MR) is 87.1 cm³/mol. The molecule has 1 N–H and O–H groups in total. The summed E-state index contributed by atoms with van der Waals surface area (Å²) in [4.78, 5) is 2.60. The lowest BCUT2D eigenvalue weighted by Crippen LogP contribution is -2.43. The molecule has 0 aromatic heterocycles. The van der Waals surface area contributed by atoms with Gasteiger partial charge in [-0.3, -0.25) is 0 Å². The van der Waals surface area contributed by atoms with Gasteiger partial charge in [0.15, 0.2) is 0 Å². The third-order valence-corrected chi connectivity index (χ3v) is 4.73. The van der Waals surface area contributed by atoms with E-state index >= 15 is 0 Å². The molecule has 2 heterocycles. The van der Waals surface area contributed by atoms with Gasteiger partial charge >= 0.3 is 0 Å². The van der Waals surface area contributed by atoms with E-state index in [1.54, 1.807) is 0 Å². The smallest absolute Gasteiger partial charge is 0.122 e. The van der Waals surface area contributed by atoms with Gasteiger partial charge in [0, 0.05) is 12.5 Å². The summed E-state index contributed by atoms with van der Waals surface area (Å²) in [5, 5.41) is 3.74. The topological polar surface area (TPSA) is 24.5 Å². The summed E-state index contributed by atoms with van der Waals surface area (Å²) in [5.41, 5.74) is 2.83. The minimum Gasteiger partial charge on any atom is -0.493 e. The van der Waals surface area contributed by atoms with Crippen molar-refractivity contribution in [2.24, 2.45) is 0 Å². The van der Waals surface area contributed by atoms with Crippen LogP contribution in [0, 0.1) is 0 Å². The maximum atomic E-state index is 5.56. The van der Waals surface area contributed by atoms with Crippen molar-refractivity contribution in [3.8, 4) is 5.75 Å². The van der Waals surface area contributed by atoms with Gasteiger partial charge < -0.3 is 15.0 Å². The fourth-order valence-electron chi connectivity index (χ4n) is 3.49. The van der Waals surface area contributed by atoms with E-state index in [1.807, 2.05) is 0 Å². The highest BCUT2D eigenvalue weighted by atomic mass is 16.5. The van der Waals surface area contributed by atoms with Crippen molar-refractivity contribution in [1.82, 2.24) is 10.2 Å². The Labute approximate surface area is 128 Å². The first-order valence-corrected chi connectivity index (χ1v) is 8.55. The Kier molecular flexibility index (Phi) is 5.15. The van der Waals surface area contributed by atoms with Gasteiger partial charge in [-0.15, -0.1) is 0 Å². The monoisotopic (exact) mass is 288 g/mol. The Hall–Kier alpha value is -1.06. The zero-order valence-electron chi connectivity index (χ0n) is 13.2. The Balaban J connectivity index is 1.39. The molecule has 0 aliphatic carbocycles. The van der Waals surface area contributed by atoms with Gasteiger partial charge in [0.05, 0.1) is 6.61 Å². The minimum absolute atomic E-state index is 0.718. The van der Waals surface area contributed by atoms with Crippen LogP contribution in [-0.4, -0.2) is 43.7 Å². The summed E-state index contributed by atoms with van der Waals surface area (Å²) in [6.07, 6.45) is 6.09. The van der Waals surface area contributed by atoms with Crippen molar-refractivity contribution in [3.63, 3.8) is 0 Å². The first-order valence-electron chi connectivity index (χ1n) is 8.55. The number of likely N-dealkylation sites (tertiary alicyclic amines) is 1. The first-order chi connectivity index (χ1) is 10.3. The summed E-state index contributed by atoms with van der Waals surface area (Å²) in [6, 6.07) is 7.40. The lowest BCUT2D eigenvalue weighted by molar-refractivity contribution is 0.198. The van der Waals surface area contributed by atoms with Gasteiger partial charge in [-0.2, -0.15) is 0 Å². The van der Waals surface area contributed by atoms with Gasteiger partial charge in [0.25, 0.3) is 0 Å². The van der Waals surface area contributed by atoms with Gasteiger partial charge in [0.1, 0.15) is 5.75 Å². The third-order valence-electron chi connectivity index (χ3n) is 4.73. The quantitative estimate of drug-likeness (QED) is 0.871. The summed E-state index contributed by atoms with van der Waals surface area (Å²) in [7, 11) is 0. The van der Waals surface area contributed by atoms with Crippen LogP contribution in [0.25, 0.3) is 0 Å². The van der Waals surface area contributed by atoms with Crippen LogP contribution in [0.2, 0.25) is 0 Å². The molecule has 21 heavy (non-hydrogen) atoms. The van der Waals surface area contributed by atoms with Crippen LogP contribution in [0.3, 0.4) is 0 Å². The molecule has 0 amide bonds. The van der Waals surface area contributed by atoms with Gasteiger partial charge in [-0.1, -0.05) is 19.1 Å². The predicted octanol–water partition coefficient (Wildman–Crippen LogP) is 2.63. The number of hydrogen-bond acceptors (Lipinski definition) is 3.